The van der Waals surface area contributed by atoms with Crippen molar-refractivity contribution in [3.63, 3.8) is 0 Å². The zero-order valence-corrected chi connectivity index (χ0v) is 16.7. The van der Waals surface area contributed by atoms with Crippen LogP contribution in [0.3, 0.4) is 0 Å². The van der Waals surface area contributed by atoms with Crippen LogP contribution in [0.2, 0.25) is 0 Å². The highest BCUT2D eigenvalue weighted by Crippen LogP contribution is 2.32. The van der Waals surface area contributed by atoms with E-state index in [1.807, 2.05) is 6.92 Å². The van der Waals surface area contributed by atoms with E-state index in [2.05, 4.69) is 20.9 Å². The molecule has 1 aromatic carbocycles. The van der Waals surface area contributed by atoms with Gasteiger partial charge in [0.05, 0.1) is 18.4 Å². The molecule has 0 aliphatic rings. The van der Waals surface area contributed by atoms with Crippen molar-refractivity contribution >= 4 is 11.9 Å². The molecule has 2 rings (SSSR count). The number of nitrogens with zero attached hydrogens (tertiary/aromatic N) is 1. The first kappa shape index (κ1) is 23.2. The first-order valence-electron chi connectivity index (χ1n) is 9.42. The molecular weight excluding hydrogens is 404 g/mol. The Morgan fingerprint density at radius 1 is 1.13 bits per heavy atom. The number of alkyl halides is 3. The molecule has 0 spiro atoms. The Morgan fingerprint density at radius 2 is 1.87 bits per heavy atom. The molecule has 10 heteroatoms. The highest BCUT2D eigenvalue weighted by molar-refractivity contribution is 5.92. The second-order valence-corrected chi connectivity index (χ2v) is 6.46. The minimum Gasteiger partial charge on any atom is -0.459 e. The van der Waals surface area contributed by atoms with Gasteiger partial charge in [0.1, 0.15) is 5.82 Å². The van der Waals surface area contributed by atoms with E-state index in [-0.39, 0.29) is 23.8 Å². The lowest BCUT2D eigenvalue weighted by molar-refractivity contribution is -0.138. The van der Waals surface area contributed by atoms with Gasteiger partial charge in [-0.05, 0) is 44.0 Å². The molecule has 0 saturated carbocycles. The van der Waals surface area contributed by atoms with Crippen LogP contribution in [0.1, 0.15) is 40.6 Å². The first-order valence-corrected chi connectivity index (χ1v) is 9.42. The van der Waals surface area contributed by atoms with Gasteiger partial charge in [-0.3, -0.25) is 4.79 Å². The van der Waals surface area contributed by atoms with E-state index in [4.69, 9.17) is 4.42 Å². The molecular formula is C20H24F4N4O2. The molecule has 0 aliphatic heterocycles. The Balaban J connectivity index is 1.88. The molecule has 0 saturated heterocycles. The smallest absolute Gasteiger partial charge is 0.416 e. The fourth-order valence-corrected chi connectivity index (χ4v) is 2.64. The standard InChI is InChI=1S/C20H24F4N4O2/c1-3-25-19(27-9-4-8-26-18(29)17-13(2)7-10-30-17)28-12-14-5-6-15(21)11-16(14)20(22,23)24/h5-7,10-11H,3-4,8-9,12H2,1-2H3,(H,26,29)(H2,25,27,28). The summed E-state index contributed by atoms with van der Waals surface area (Å²) in [5.41, 5.74) is -0.425. The molecule has 0 aliphatic carbocycles. The number of benzene rings is 1. The van der Waals surface area contributed by atoms with E-state index < -0.39 is 17.6 Å². The molecule has 1 heterocycles. The molecule has 2 aromatic rings. The average molecular weight is 428 g/mol. The van der Waals surface area contributed by atoms with Gasteiger partial charge in [0.25, 0.3) is 5.91 Å². The van der Waals surface area contributed by atoms with Crippen LogP contribution in [-0.4, -0.2) is 31.5 Å². The fraction of sp³-hybridized carbons (Fsp3) is 0.400. The van der Waals surface area contributed by atoms with Gasteiger partial charge in [-0.25, -0.2) is 9.38 Å². The Morgan fingerprint density at radius 3 is 2.50 bits per heavy atom. The van der Waals surface area contributed by atoms with Crippen LogP contribution in [-0.2, 0) is 12.7 Å². The van der Waals surface area contributed by atoms with Gasteiger partial charge < -0.3 is 20.4 Å². The van der Waals surface area contributed by atoms with Gasteiger partial charge in [0, 0.05) is 25.2 Å². The number of carbonyl (C=O) groups excluding carboxylic acids is 1. The maximum atomic E-state index is 13.2. The lowest BCUT2D eigenvalue weighted by Gasteiger charge is -2.14. The third-order valence-electron chi connectivity index (χ3n) is 4.13. The summed E-state index contributed by atoms with van der Waals surface area (Å²) in [4.78, 5) is 16.1. The summed E-state index contributed by atoms with van der Waals surface area (Å²) < 4.78 is 57.6. The maximum absolute atomic E-state index is 13.2. The molecule has 0 fully saturated rings. The van der Waals surface area contributed by atoms with Gasteiger partial charge >= 0.3 is 6.18 Å². The van der Waals surface area contributed by atoms with Crippen molar-refractivity contribution in [2.24, 2.45) is 4.99 Å². The number of nitrogens with one attached hydrogen (secondary N) is 3. The van der Waals surface area contributed by atoms with Crippen LogP contribution in [0.5, 0.6) is 0 Å². The predicted molar refractivity (Wildman–Crippen MR) is 105 cm³/mol. The second-order valence-electron chi connectivity index (χ2n) is 6.46. The predicted octanol–water partition coefficient (Wildman–Crippen LogP) is 3.62. The molecule has 0 bridgehead atoms. The monoisotopic (exact) mass is 428 g/mol. The number of hydrogen-bond acceptors (Lipinski definition) is 3. The number of guanidine groups is 1. The van der Waals surface area contributed by atoms with Crippen molar-refractivity contribution in [1.29, 1.82) is 0 Å². The molecule has 30 heavy (non-hydrogen) atoms. The van der Waals surface area contributed by atoms with Gasteiger partial charge in [0.15, 0.2) is 11.7 Å². The summed E-state index contributed by atoms with van der Waals surface area (Å²) in [5.74, 6) is -0.679. The Kier molecular flexibility index (Phi) is 8.25. The number of rotatable bonds is 8. The van der Waals surface area contributed by atoms with Gasteiger partial charge in [0.2, 0.25) is 0 Å². The summed E-state index contributed by atoms with van der Waals surface area (Å²) >= 11 is 0. The van der Waals surface area contributed by atoms with E-state index in [9.17, 15) is 22.4 Å². The molecule has 0 atom stereocenters. The van der Waals surface area contributed by atoms with Gasteiger partial charge in [-0.1, -0.05) is 6.07 Å². The Labute approximate surface area is 171 Å². The lowest BCUT2D eigenvalue weighted by atomic mass is 10.1. The highest BCUT2D eigenvalue weighted by atomic mass is 19.4. The largest absolute Gasteiger partial charge is 0.459 e. The van der Waals surface area contributed by atoms with E-state index >= 15 is 0 Å². The number of carbonyl (C=O) groups is 1. The molecule has 3 N–H and O–H groups in total. The van der Waals surface area contributed by atoms with Crippen molar-refractivity contribution < 1.29 is 26.8 Å². The molecule has 0 unspecified atom stereocenters. The third kappa shape index (κ3) is 6.78. The van der Waals surface area contributed by atoms with Crippen molar-refractivity contribution in [3.8, 4) is 0 Å². The third-order valence-corrected chi connectivity index (χ3v) is 4.13. The zero-order chi connectivity index (χ0) is 22.1. The van der Waals surface area contributed by atoms with Gasteiger partial charge in [-0.15, -0.1) is 0 Å². The molecule has 1 amide bonds. The number of furan rings is 1. The van der Waals surface area contributed by atoms with Crippen molar-refractivity contribution in [1.82, 2.24) is 16.0 Å². The number of hydrogen-bond donors (Lipinski definition) is 3. The number of aryl methyl sites for hydroxylation is 1. The molecule has 0 radical (unpaired) electrons. The number of amides is 1. The Hall–Kier alpha value is -3.04. The van der Waals surface area contributed by atoms with Crippen molar-refractivity contribution in [2.45, 2.75) is 33.0 Å². The fourth-order valence-electron chi connectivity index (χ4n) is 2.64. The summed E-state index contributed by atoms with van der Waals surface area (Å²) in [6, 6.07) is 4.22. The van der Waals surface area contributed by atoms with Crippen LogP contribution in [0.4, 0.5) is 17.6 Å². The van der Waals surface area contributed by atoms with Crippen molar-refractivity contribution in [2.75, 3.05) is 19.6 Å². The summed E-state index contributed by atoms with van der Waals surface area (Å²) in [5, 5.41) is 8.65. The lowest BCUT2D eigenvalue weighted by Crippen LogP contribution is -2.38. The number of aliphatic imine (C=N–C) groups is 1. The van der Waals surface area contributed by atoms with Crippen LogP contribution < -0.4 is 16.0 Å². The zero-order valence-electron chi connectivity index (χ0n) is 16.7. The van der Waals surface area contributed by atoms with Crippen molar-refractivity contribution in [3.05, 3.63) is 58.8 Å². The first-order chi connectivity index (χ1) is 14.2. The summed E-state index contributed by atoms with van der Waals surface area (Å²) in [6.07, 6.45) is -2.67. The van der Waals surface area contributed by atoms with Crippen LogP contribution in [0.25, 0.3) is 0 Å². The summed E-state index contributed by atoms with van der Waals surface area (Å²) in [7, 11) is 0. The van der Waals surface area contributed by atoms with Crippen LogP contribution in [0.15, 0.2) is 39.9 Å². The number of halogens is 4. The Bertz CT molecular complexity index is 878. The van der Waals surface area contributed by atoms with E-state index in [0.717, 1.165) is 17.7 Å². The summed E-state index contributed by atoms with van der Waals surface area (Å²) in [6.45, 7) is 4.64. The minimum atomic E-state index is -4.66. The minimum absolute atomic E-state index is 0.123. The molecule has 1 aromatic heterocycles. The molecule has 6 nitrogen and oxygen atoms in total. The van der Waals surface area contributed by atoms with Crippen LogP contribution >= 0.6 is 0 Å². The maximum Gasteiger partial charge on any atom is 0.416 e. The highest BCUT2D eigenvalue weighted by Gasteiger charge is 2.33. The van der Waals surface area contributed by atoms with E-state index in [1.165, 1.54) is 6.26 Å². The molecule has 164 valence electrons. The van der Waals surface area contributed by atoms with E-state index in [0.29, 0.717) is 38.1 Å². The quantitative estimate of drug-likeness (QED) is 0.260. The van der Waals surface area contributed by atoms with Crippen LogP contribution in [0, 0.1) is 12.7 Å². The topological polar surface area (TPSA) is 78.7 Å². The second kappa shape index (κ2) is 10.7. The normalized spacial score (nSPS) is 12.0. The average Bonchev–Trinajstić information content (AvgIpc) is 3.11. The SMILES string of the molecule is CCNC(=NCc1ccc(F)cc1C(F)(F)F)NCCCNC(=O)c1occc1C. The van der Waals surface area contributed by atoms with Gasteiger partial charge in [-0.2, -0.15) is 13.2 Å². The van der Waals surface area contributed by atoms with E-state index in [1.54, 1.807) is 13.0 Å².